The van der Waals surface area contributed by atoms with Gasteiger partial charge in [-0.1, -0.05) is 48.5 Å². The van der Waals surface area contributed by atoms with Crippen molar-refractivity contribution in [2.45, 2.75) is 0 Å². The van der Waals surface area contributed by atoms with Crippen molar-refractivity contribution in [2.75, 3.05) is 19.0 Å². The molecule has 0 fully saturated rings. The van der Waals surface area contributed by atoms with Gasteiger partial charge in [0, 0.05) is 19.8 Å². The summed E-state index contributed by atoms with van der Waals surface area (Å²) in [6, 6.07) is 23.7. The molecule has 0 radical (unpaired) electrons. The highest BCUT2D eigenvalue weighted by Crippen LogP contribution is 2.26. The Labute approximate surface area is 114 Å². The van der Waals surface area contributed by atoms with E-state index in [0.29, 0.717) is 0 Å². The quantitative estimate of drug-likeness (QED) is 0.641. The van der Waals surface area contributed by atoms with E-state index in [-0.39, 0.29) is 0 Å². The van der Waals surface area contributed by atoms with Crippen molar-refractivity contribution in [3.63, 3.8) is 0 Å². The Balaban J connectivity index is 2.10. The highest BCUT2D eigenvalue weighted by Gasteiger charge is 2.01. The molecule has 0 aliphatic rings. The maximum Gasteiger partial charge on any atom is 0.0367 e. The zero-order valence-corrected chi connectivity index (χ0v) is 11.3. The molecule has 0 aromatic heterocycles. The smallest absolute Gasteiger partial charge is 0.0367 e. The van der Waals surface area contributed by atoms with Crippen LogP contribution in [0, 0.1) is 0 Å². The lowest BCUT2D eigenvalue weighted by molar-refractivity contribution is 1.14. The normalized spacial score (nSPS) is 10.6. The molecule has 94 valence electrons. The third kappa shape index (κ3) is 2.32. The Morgan fingerprint density at radius 3 is 2.05 bits per heavy atom. The van der Waals surface area contributed by atoms with Crippen LogP contribution in [-0.4, -0.2) is 14.1 Å². The molecule has 3 aromatic carbocycles. The molecule has 0 unspecified atom stereocenters. The van der Waals surface area contributed by atoms with E-state index in [1.807, 2.05) is 6.07 Å². The van der Waals surface area contributed by atoms with Gasteiger partial charge in [0.15, 0.2) is 0 Å². The Hall–Kier alpha value is -2.28. The fraction of sp³-hybridized carbons (Fsp3) is 0.111. The molecule has 0 saturated carbocycles. The molecule has 0 saturated heterocycles. The summed E-state index contributed by atoms with van der Waals surface area (Å²) in [6.45, 7) is 0. The molecule has 0 aliphatic carbocycles. The van der Waals surface area contributed by atoms with Crippen LogP contribution < -0.4 is 4.90 Å². The maximum absolute atomic E-state index is 2.25. The van der Waals surface area contributed by atoms with E-state index in [1.165, 1.54) is 27.6 Å². The topological polar surface area (TPSA) is 3.24 Å². The van der Waals surface area contributed by atoms with Gasteiger partial charge < -0.3 is 4.90 Å². The van der Waals surface area contributed by atoms with Gasteiger partial charge in [-0.2, -0.15) is 0 Å². The molecule has 0 atom stereocenters. The summed E-state index contributed by atoms with van der Waals surface area (Å²) in [5, 5.41) is 2.57. The number of rotatable bonds is 2. The first-order chi connectivity index (χ1) is 9.24. The molecule has 1 heteroatoms. The van der Waals surface area contributed by atoms with Crippen molar-refractivity contribution in [1.82, 2.24) is 0 Å². The van der Waals surface area contributed by atoms with E-state index in [2.05, 4.69) is 79.7 Å². The molecule has 3 aromatic rings. The van der Waals surface area contributed by atoms with Gasteiger partial charge in [-0.25, -0.2) is 0 Å². The molecule has 0 N–H and O–H groups in total. The van der Waals surface area contributed by atoms with Gasteiger partial charge in [-0.3, -0.25) is 0 Å². The third-order valence-corrected chi connectivity index (χ3v) is 3.45. The molecule has 19 heavy (non-hydrogen) atoms. The Morgan fingerprint density at radius 2 is 1.32 bits per heavy atom. The highest BCUT2D eigenvalue weighted by atomic mass is 15.1. The molecular weight excluding hydrogens is 230 g/mol. The van der Waals surface area contributed by atoms with Crippen molar-refractivity contribution < 1.29 is 0 Å². The summed E-state index contributed by atoms with van der Waals surface area (Å²) in [5.74, 6) is 0. The number of fused-ring (bicyclic) bond motifs is 1. The van der Waals surface area contributed by atoms with Gasteiger partial charge in [-0.05, 0) is 40.1 Å². The third-order valence-electron chi connectivity index (χ3n) is 3.45. The largest absolute Gasteiger partial charge is 0.378 e. The number of hydrogen-bond acceptors (Lipinski definition) is 1. The maximum atomic E-state index is 2.25. The average molecular weight is 247 g/mol. The van der Waals surface area contributed by atoms with E-state index in [9.17, 15) is 0 Å². The second-order valence-electron chi connectivity index (χ2n) is 5.01. The molecular formula is C18H17N. The fourth-order valence-corrected chi connectivity index (χ4v) is 2.32. The van der Waals surface area contributed by atoms with E-state index in [4.69, 9.17) is 0 Å². The summed E-state index contributed by atoms with van der Waals surface area (Å²) < 4.78 is 0. The highest BCUT2D eigenvalue weighted by molar-refractivity contribution is 5.89. The van der Waals surface area contributed by atoms with Crippen LogP contribution in [0.25, 0.3) is 21.9 Å². The van der Waals surface area contributed by atoms with E-state index in [1.54, 1.807) is 0 Å². The van der Waals surface area contributed by atoms with Gasteiger partial charge in [0.05, 0.1) is 0 Å². The van der Waals surface area contributed by atoms with Crippen LogP contribution in [0.3, 0.4) is 0 Å². The lowest BCUT2D eigenvalue weighted by atomic mass is 10.0. The molecule has 3 rings (SSSR count). The molecule has 0 amide bonds. The minimum absolute atomic E-state index is 1.24. The second-order valence-corrected chi connectivity index (χ2v) is 5.01. The second kappa shape index (κ2) is 4.77. The van der Waals surface area contributed by atoms with Crippen LogP contribution in [0.5, 0.6) is 0 Å². The number of nitrogens with zero attached hydrogens (tertiary/aromatic N) is 1. The van der Waals surface area contributed by atoms with E-state index >= 15 is 0 Å². The average Bonchev–Trinajstić information content (AvgIpc) is 2.47. The zero-order valence-electron chi connectivity index (χ0n) is 11.3. The Bertz CT molecular complexity index is 699. The lowest BCUT2D eigenvalue weighted by Gasteiger charge is -2.13. The SMILES string of the molecule is CN(C)c1ccc2cc(-c3ccccc3)ccc2c1. The van der Waals surface area contributed by atoms with Crippen molar-refractivity contribution in [1.29, 1.82) is 0 Å². The first-order valence-corrected chi connectivity index (χ1v) is 6.50. The van der Waals surface area contributed by atoms with Gasteiger partial charge in [0.1, 0.15) is 0 Å². The Kier molecular flexibility index (Phi) is 2.96. The van der Waals surface area contributed by atoms with Gasteiger partial charge in [0.25, 0.3) is 0 Å². The van der Waals surface area contributed by atoms with E-state index in [0.717, 1.165) is 0 Å². The summed E-state index contributed by atoms with van der Waals surface area (Å²) in [7, 11) is 4.14. The minimum atomic E-state index is 1.24. The van der Waals surface area contributed by atoms with Crippen LogP contribution in [0.1, 0.15) is 0 Å². The monoisotopic (exact) mass is 247 g/mol. The summed E-state index contributed by atoms with van der Waals surface area (Å²) in [4.78, 5) is 2.13. The summed E-state index contributed by atoms with van der Waals surface area (Å²) in [5.41, 5.74) is 3.77. The zero-order chi connectivity index (χ0) is 13.2. The predicted molar refractivity (Wildman–Crippen MR) is 83.7 cm³/mol. The standard InChI is InChI=1S/C18H17N/c1-19(2)18-11-10-16-12-15(8-9-17(16)13-18)14-6-4-3-5-7-14/h3-13H,1-2H3. The predicted octanol–water partition coefficient (Wildman–Crippen LogP) is 4.57. The molecule has 0 aliphatic heterocycles. The van der Waals surface area contributed by atoms with Crippen LogP contribution in [0.4, 0.5) is 5.69 Å². The van der Waals surface area contributed by atoms with Crippen molar-refractivity contribution >= 4 is 16.5 Å². The minimum Gasteiger partial charge on any atom is -0.378 e. The molecule has 0 heterocycles. The van der Waals surface area contributed by atoms with Crippen LogP contribution in [0.2, 0.25) is 0 Å². The van der Waals surface area contributed by atoms with Gasteiger partial charge in [0.2, 0.25) is 0 Å². The van der Waals surface area contributed by atoms with Crippen molar-refractivity contribution in [3.8, 4) is 11.1 Å². The van der Waals surface area contributed by atoms with Crippen LogP contribution in [-0.2, 0) is 0 Å². The van der Waals surface area contributed by atoms with Gasteiger partial charge in [-0.15, -0.1) is 0 Å². The summed E-state index contributed by atoms with van der Waals surface area (Å²) >= 11 is 0. The number of benzene rings is 3. The van der Waals surface area contributed by atoms with Crippen molar-refractivity contribution in [3.05, 3.63) is 66.7 Å². The molecule has 0 bridgehead atoms. The molecule has 1 nitrogen and oxygen atoms in total. The summed E-state index contributed by atoms with van der Waals surface area (Å²) in [6.07, 6.45) is 0. The van der Waals surface area contributed by atoms with Crippen LogP contribution >= 0.6 is 0 Å². The number of anilines is 1. The first-order valence-electron chi connectivity index (χ1n) is 6.50. The van der Waals surface area contributed by atoms with Gasteiger partial charge >= 0.3 is 0 Å². The fourth-order valence-electron chi connectivity index (χ4n) is 2.32. The number of hydrogen-bond donors (Lipinski definition) is 0. The lowest BCUT2D eigenvalue weighted by Crippen LogP contribution is -2.07. The molecule has 0 spiro atoms. The van der Waals surface area contributed by atoms with Crippen LogP contribution in [0.15, 0.2) is 66.7 Å². The first kappa shape index (κ1) is 11.8. The van der Waals surface area contributed by atoms with E-state index < -0.39 is 0 Å². The Morgan fingerprint density at radius 1 is 0.632 bits per heavy atom. The van der Waals surface area contributed by atoms with Crippen molar-refractivity contribution in [2.24, 2.45) is 0 Å².